The van der Waals surface area contributed by atoms with Gasteiger partial charge >= 0.3 is 0 Å². The van der Waals surface area contributed by atoms with Crippen LogP contribution < -0.4 is 0 Å². The first-order valence-electron chi connectivity index (χ1n) is 11.2. The van der Waals surface area contributed by atoms with Gasteiger partial charge in [0, 0.05) is 40.5 Å². The van der Waals surface area contributed by atoms with Crippen molar-refractivity contribution in [1.82, 2.24) is 14.7 Å². The first kappa shape index (κ1) is 24.8. The van der Waals surface area contributed by atoms with Crippen LogP contribution >= 0.6 is 11.6 Å². The van der Waals surface area contributed by atoms with Gasteiger partial charge in [-0.3, -0.25) is 18.5 Å². The number of carbonyl (C=O) groups excluding carboxylic acids is 2. The number of aromatic nitrogens is 2. The number of aliphatic hydroxyl groups is 1. The topological polar surface area (TPSA) is 102 Å². The predicted octanol–water partition coefficient (Wildman–Crippen LogP) is 3.38. The fourth-order valence-electron chi connectivity index (χ4n) is 4.26. The summed E-state index contributed by atoms with van der Waals surface area (Å²) in [5, 5.41) is 14.7. The number of ketones is 1. The van der Waals surface area contributed by atoms with Gasteiger partial charge in [-0.05, 0) is 42.7 Å². The van der Waals surface area contributed by atoms with Gasteiger partial charge in [0.1, 0.15) is 5.82 Å². The highest BCUT2D eigenvalue weighted by atomic mass is 35.5. The first-order valence-corrected chi connectivity index (χ1v) is 13.1. The van der Waals surface area contributed by atoms with E-state index in [0.717, 1.165) is 6.07 Å². The predicted molar refractivity (Wildman–Crippen MR) is 130 cm³/mol. The van der Waals surface area contributed by atoms with E-state index in [2.05, 4.69) is 5.10 Å². The molecule has 2 aliphatic rings. The van der Waals surface area contributed by atoms with Crippen LogP contribution in [0.15, 0.2) is 47.6 Å². The van der Waals surface area contributed by atoms with Crippen molar-refractivity contribution in [2.45, 2.75) is 36.1 Å². The fourth-order valence-corrected chi connectivity index (χ4v) is 5.29. The Morgan fingerprint density at radius 1 is 1.31 bits per heavy atom. The van der Waals surface area contributed by atoms with Crippen molar-refractivity contribution in [3.05, 3.63) is 81.4 Å². The minimum absolute atomic E-state index is 0.000112. The highest BCUT2D eigenvalue weighted by Crippen LogP contribution is 2.42. The van der Waals surface area contributed by atoms with E-state index < -0.39 is 40.1 Å². The number of aryl methyl sites for hydroxylation is 1. The molecule has 0 saturated heterocycles. The monoisotopic (exact) mass is 531 g/mol. The normalized spacial score (nSPS) is 18.9. The molecule has 188 valence electrons. The molecular formula is C25H23ClFN3O5S. The Bertz CT molecular complexity index is 1420. The van der Waals surface area contributed by atoms with Crippen molar-refractivity contribution in [3.8, 4) is 0 Å². The summed E-state index contributed by atoms with van der Waals surface area (Å²) >= 11 is 6.08. The van der Waals surface area contributed by atoms with Crippen LogP contribution in [0, 0.1) is 5.82 Å². The van der Waals surface area contributed by atoms with Gasteiger partial charge in [-0.15, -0.1) is 0 Å². The van der Waals surface area contributed by atoms with E-state index in [1.54, 1.807) is 25.2 Å². The maximum Gasteiger partial charge on any atom is 0.257 e. The van der Waals surface area contributed by atoms with Crippen molar-refractivity contribution >= 4 is 34.1 Å². The Hall–Kier alpha value is -2.92. The maximum absolute atomic E-state index is 15.5. The number of ether oxygens (including phenoxy) is 1. The zero-order valence-electron chi connectivity index (χ0n) is 19.5. The molecule has 1 N–H and O–H groups in total. The summed E-state index contributed by atoms with van der Waals surface area (Å²) < 4.78 is 35.2. The molecule has 0 radical (unpaired) electrons. The summed E-state index contributed by atoms with van der Waals surface area (Å²) in [5.41, 5.74) is -0.161. The van der Waals surface area contributed by atoms with Crippen molar-refractivity contribution < 1.29 is 28.0 Å². The van der Waals surface area contributed by atoms with Crippen LogP contribution in [0.5, 0.6) is 0 Å². The van der Waals surface area contributed by atoms with Crippen molar-refractivity contribution in [2.24, 2.45) is 7.05 Å². The Balaban J connectivity index is 1.54. The third kappa shape index (κ3) is 4.61. The number of amides is 1. The number of hydrogen-bond acceptors (Lipinski definition) is 6. The maximum atomic E-state index is 15.5. The number of benzene rings is 2. The molecule has 11 heteroatoms. The molecule has 1 fully saturated rings. The molecule has 5 rings (SSSR count). The molecule has 1 aliphatic carbocycles. The second-order valence-corrected chi connectivity index (χ2v) is 11.0. The molecule has 2 heterocycles. The van der Waals surface area contributed by atoms with Crippen LogP contribution in [0.25, 0.3) is 0 Å². The minimum Gasteiger partial charge on any atom is -0.387 e. The van der Waals surface area contributed by atoms with Crippen LogP contribution in [0.4, 0.5) is 4.39 Å². The van der Waals surface area contributed by atoms with E-state index in [1.165, 1.54) is 34.3 Å². The molecule has 1 aromatic heterocycles. The SMILES string of the molecule is Cn1cc(C(=O)c2cc(F)c3c(c2)C(=O)N(Cc2ccc(Cl)cc2S(C)=O)C3OCC2(O)CC2)cn1. The summed E-state index contributed by atoms with van der Waals surface area (Å²) in [5.74, 6) is -1.78. The number of hydrogen-bond donors (Lipinski definition) is 1. The summed E-state index contributed by atoms with van der Waals surface area (Å²) in [6.45, 7) is -0.113. The second-order valence-electron chi connectivity index (χ2n) is 9.18. The average Bonchev–Trinajstić information content (AvgIpc) is 3.30. The lowest BCUT2D eigenvalue weighted by molar-refractivity contribution is -0.0813. The van der Waals surface area contributed by atoms with Gasteiger partial charge in [0.05, 0.1) is 46.9 Å². The Morgan fingerprint density at radius 2 is 2.06 bits per heavy atom. The largest absolute Gasteiger partial charge is 0.387 e. The average molecular weight is 532 g/mol. The van der Waals surface area contributed by atoms with Crippen LogP contribution in [-0.4, -0.2) is 54.1 Å². The van der Waals surface area contributed by atoms with Gasteiger partial charge < -0.3 is 14.7 Å². The quantitative estimate of drug-likeness (QED) is 0.447. The smallest absolute Gasteiger partial charge is 0.257 e. The van der Waals surface area contributed by atoms with E-state index in [0.29, 0.717) is 28.3 Å². The summed E-state index contributed by atoms with van der Waals surface area (Å²) in [7, 11) is 0.264. The van der Waals surface area contributed by atoms with E-state index >= 15 is 4.39 Å². The first-order chi connectivity index (χ1) is 17.1. The fraction of sp³-hybridized carbons (Fsp3) is 0.320. The number of carbonyl (C=O) groups is 2. The molecule has 3 aromatic rings. The lowest BCUT2D eigenvalue weighted by atomic mass is 9.99. The van der Waals surface area contributed by atoms with Crippen molar-refractivity contribution in [1.29, 1.82) is 0 Å². The number of nitrogens with zero attached hydrogens (tertiary/aromatic N) is 3. The molecule has 1 amide bonds. The molecule has 1 aliphatic heterocycles. The molecule has 2 aromatic carbocycles. The zero-order valence-corrected chi connectivity index (χ0v) is 21.1. The molecule has 0 bridgehead atoms. The van der Waals surface area contributed by atoms with E-state index in [4.69, 9.17) is 16.3 Å². The standard InChI is InChI=1S/C25H23ClFN3O5S/c1-29-11-16(10-28-29)22(31)15-7-18-21(19(27)8-15)24(35-13-25(33)5-6-25)30(23(18)32)12-14-3-4-17(26)9-20(14)36(2)34/h3-4,7-11,24,33H,5-6,12-13H2,1-2H3. The van der Waals surface area contributed by atoms with E-state index in [-0.39, 0.29) is 35.4 Å². The number of fused-ring (bicyclic) bond motifs is 1. The van der Waals surface area contributed by atoms with Gasteiger partial charge in [-0.2, -0.15) is 5.10 Å². The van der Waals surface area contributed by atoms with Gasteiger partial charge in [0.25, 0.3) is 5.91 Å². The highest BCUT2D eigenvalue weighted by molar-refractivity contribution is 7.84. The molecule has 2 atom stereocenters. The van der Waals surface area contributed by atoms with E-state index in [1.807, 2.05) is 0 Å². The lowest BCUT2D eigenvalue weighted by Crippen LogP contribution is -2.32. The highest BCUT2D eigenvalue weighted by Gasteiger charge is 2.45. The molecule has 0 spiro atoms. The third-order valence-electron chi connectivity index (χ3n) is 6.40. The number of halogens is 2. The molecular weight excluding hydrogens is 509 g/mol. The van der Waals surface area contributed by atoms with E-state index in [9.17, 15) is 18.9 Å². The van der Waals surface area contributed by atoms with Crippen LogP contribution in [0.1, 0.15) is 56.5 Å². The lowest BCUT2D eigenvalue weighted by Gasteiger charge is -2.27. The third-order valence-corrected chi connectivity index (χ3v) is 7.63. The Kier molecular flexibility index (Phi) is 6.32. The minimum atomic E-state index is -1.39. The Morgan fingerprint density at radius 3 is 2.69 bits per heavy atom. The molecule has 2 unspecified atom stereocenters. The molecule has 1 saturated carbocycles. The van der Waals surface area contributed by atoms with Crippen LogP contribution in [0.3, 0.4) is 0 Å². The van der Waals surface area contributed by atoms with Crippen LogP contribution in [-0.2, 0) is 29.1 Å². The zero-order chi connectivity index (χ0) is 25.8. The second kappa shape index (κ2) is 9.19. The van der Waals surface area contributed by atoms with Gasteiger partial charge in [-0.25, -0.2) is 4.39 Å². The summed E-state index contributed by atoms with van der Waals surface area (Å²) in [6.07, 6.45) is 4.36. The van der Waals surface area contributed by atoms with Crippen LogP contribution in [0.2, 0.25) is 5.02 Å². The summed E-state index contributed by atoms with van der Waals surface area (Å²) in [4.78, 5) is 28.2. The summed E-state index contributed by atoms with van der Waals surface area (Å²) in [6, 6.07) is 7.29. The van der Waals surface area contributed by atoms with Gasteiger partial charge in [0.2, 0.25) is 0 Å². The van der Waals surface area contributed by atoms with Crippen molar-refractivity contribution in [2.75, 3.05) is 12.9 Å². The van der Waals surface area contributed by atoms with Gasteiger partial charge in [-0.1, -0.05) is 17.7 Å². The van der Waals surface area contributed by atoms with Crippen molar-refractivity contribution in [3.63, 3.8) is 0 Å². The van der Waals surface area contributed by atoms with Gasteiger partial charge in [0.15, 0.2) is 12.0 Å². The molecule has 8 nitrogen and oxygen atoms in total. The number of rotatable bonds is 8. The molecule has 36 heavy (non-hydrogen) atoms. The Labute approximate surface area is 214 Å².